The van der Waals surface area contributed by atoms with Gasteiger partial charge in [0.25, 0.3) is 6.43 Å². The lowest BCUT2D eigenvalue weighted by molar-refractivity contribution is 0.151. The third-order valence-corrected chi connectivity index (χ3v) is 1.64. The van der Waals surface area contributed by atoms with E-state index in [1.807, 2.05) is 22.6 Å². The van der Waals surface area contributed by atoms with Crippen LogP contribution in [0, 0.1) is 3.70 Å². The second-order valence-corrected chi connectivity index (χ2v) is 2.82. The number of nitrogens with zero attached hydrogens (tertiary/aromatic N) is 1. The second kappa shape index (κ2) is 3.23. The Kier molecular flexibility index (Phi) is 2.53. The molecule has 0 aliphatic heterocycles. The van der Waals surface area contributed by atoms with Crippen LogP contribution in [0.5, 0.6) is 0 Å². The molecule has 0 fully saturated rings. The molecule has 1 nitrogen and oxygen atoms in total. The highest BCUT2D eigenvalue weighted by Gasteiger charge is 2.05. The Hall–Kier alpha value is -0.260. The Morgan fingerprint density at radius 1 is 1.40 bits per heavy atom. The molecule has 0 amide bonds. The van der Waals surface area contributed by atoms with Crippen molar-refractivity contribution in [2.24, 2.45) is 0 Å². The van der Waals surface area contributed by atoms with Crippen molar-refractivity contribution in [3.05, 3.63) is 27.6 Å². The van der Waals surface area contributed by atoms with Gasteiger partial charge in [0.2, 0.25) is 0 Å². The summed E-state index contributed by atoms with van der Waals surface area (Å²) >= 11 is 1.96. The van der Waals surface area contributed by atoms with Crippen LogP contribution in [-0.4, -0.2) is 4.98 Å². The average molecular weight is 255 g/mol. The average Bonchev–Trinajstić information content (AvgIpc) is 1.88. The summed E-state index contributed by atoms with van der Waals surface area (Å²) in [6.07, 6.45) is -1.23. The Balaban J connectivity index is 2.89. The van der Waals surface area contributed by atoms with E-state index < -0.39 is 6.43 Å². The van der Waals surface area contributed by atoms with Gasteiger partial charge in [0.05, 0.1) is 0 Å². The molecule has 0 aliphatic rings. The van der Waals surface area contributed by atoms with Crippen molar-refractivity contribution in [3.63, 3.8) is 0 Å². The van der Waals surface area contributed by atoms with Crippen molar-refractivity contribution in [3.8, 4) is 0 Å². The number of pyridine rings is 1. The van der Waals surface area contributed by atoms with E-state index >= 15 is 0 Å². The monoisotopic (exact) mass is 255 g/mol. The first kappa shape index (κ1) is 7.84. The van der Waals surface area contributed by atoms with Crippen LogP contribution in [0.15, 0.2) is 18.3 Å². The van der Waals surface area contributed by atoms with E-state index in [0.29, 0.717) is 0 Å². The predicted molar refractivity (Wildman–Crippen MR) is 41.9 cm³/mol. The van der Waals surface area contributed by atoms with Crippen molar-refractivity contribution >= 4 is 22.6 Å². The van der Waals surface area contributed by atoms with Crippen molar-refractivity contribution < 1.29 is 8.78 Å². The van der Waals surface area contributed by atoms with Gasteiger partial charge in [-0.3, -0.25) is 0 Å². The summed E-state index contributed by atoms with van der Waals surface area (Å²) in [6.45, 7) is 0. The van der Waals surface area contributed by atoms with Crippen LogP contribution in [0.3, 0.4) is 0 Å². The normalized spacial score (nSPS) is 10.4. The maximum Gasteiger partial charge on any atom is 0.265 e. The quantitative estimate of drug-likeness (QED) is 0.555. The van der Waals surface area contributed by atoms with Gasteiger partial charge in [0.1, 0.15) is 3.70 Å². The molecule has 10 heavy (non-hydrogen) atoms. The zero-order valence-corrected chi connectivity index (χ0v) is 7.05. The molecule has 0 saturated heterocycles. The van der Waals surface area contributed by atoms with Crippen LogP contribution in [0.4, 0.5) is 8.78 Å². The molecule has 0 aromatic carbocycles. The van der Waals surface area contributed by atoms with Gasteiger partial charge in [-0.15, -0.1) is 0 Å². The molecule has 0 unspecified atom stereocenters. The molecule has 4 heteroatoms. The molecule has 0 N–H and O–H groups in total. The largest absolute Gasteiger partial charge is 0.265 e. The summed E-state index contributed by atoms with van der Waals surface area (Å²) in [5.74, 6) is 0. The van der Waals surface area contributed by atoms with Crippen LogP contribution < -0.4 is 0 Å². The fourth-order valence-corrected chi connectivity index (χ4v) is 0.835. The molecule has 54 valence electrons. The number of alkyl halides is 2. The molecule has 0 saturated carbocycles. The van der Waals surface area contributed by atoms with E-state index in [1.54, 1.807) is 6.07 Å². The highest BCUT2D eigenvalue weighted by atomic mass is 127. The Labute approximate surface area is 70.6 Å². The minimum absolute atomic E-state index is 0.0274. The van der Waals surface area contributed by atoms with Crippen molar-refractivity contribution in [2.45, 2.75) is 6.43 Å². The van der Waals surface area contributed by atoms with Crippen molar-refractivity contribution in [1.82, 2.24) is 4.98 Å². The van der Waals surface area contributed by atoms with Gasteiger partial charge in [0, 0.05) is 11.8 Å². The summed E-state index contributed by atoms with van der Waals surface area (Å²) in [6, 6.07) is 2.93. The number of aromatic nitrogens is 1. The van der Waals surface area contributed by atoms with Gasteiger partial charge >= 0.3 is 0 Å². The lowest BCUT2D eigenvalue weighted by Crippen LogP contribution is -1.86. The number of halogens is 3. The maximum absolute atomic E-state index is 11.9. The molecule has 0 bridgehead atoms. The van der Waals surface area contributed by atoms with Gasteiger partial charge in [0.15, 0.2) is 0 Å². The summed E-state index contributed by atoms with van der Waals surface area (Å²) in [5.41, 5.74) is -0.0274. The van der Waals surface area contributed by atoms with Gasteiger partial charge in [-0.05, 0) is 34.7 Å². The summed E-state index contributed by atoms with van der Waals surface area (Å²) < 4.78 is 24.4. The first-order valence-corrected chi connectivity index (χ1v) is 3.67. The smallest absolute Gasteiger partial charge is 0.250 e. The van der Waals surface area contributed by atoms with Crippen molar-refractivity contribution in [1.29, 1.82) is 0 Å². The third kappa shape index (κ3) is 1.86. The molecule has 1 heterocycles. The summed E-state index contributed by atoms with van der Waals surface area (Å²) in [4.78, 5) is 3.71. The van der Waals surface area contributed by atoms with Gasteiger partial charge in [-0.1, -0.05) is 0 Å². The van der Waals surface area contributed by atoms with E-state index in [4.69, 9.17) is 0 Å². The standard InChI is InChI=1S/C6H4F2IN/c7-6(8)4-1-2-5(9)10-3-4/h1-3,6H. The Bertz CT molecular complexity index is 209. The molecular formula is C6H4F2IN. The molecule has 1 aromatic heterocycles. The van der Waals surface area contributed by atoms with Crippen LogP contribution >= 0.6 is 22.6 Å². The van der Waals surface area contributed by atoms with E-state index in [-0.39, 0.29) is 5.56 Å². The van der Waals surface area contributed by atoms with Crippen LogP contribution in [0.2, 0.25) is 0 Å². The third-order valence-electron chi connectivity index (χ3n) is 1.00. The summed E-state index contributed by atoms with van der Waals surface area (Å²) in [7, 11) is 0. The van der Waals surface area contributed by atoms with Gasteiger partial charge in [-0.25, -0.2) is 13.8 Å². The van der Waals surface area contributed by atoms with Crippen LogP contribution in [0.1, 0.15) is 12.0 Å². The fraction of sp³-hybridized carbons (Fsp3) is 0.167. The highest BCUT2D eigenvalue weighted by Crippen LogP contribution is 2.17. The number of rotatable bonds is 1. The lowest BCUT2D eigenvalue weighted by atomic mass is 10.3. The predicted octanol–water partition coefficient (Wildman–Crippen LogP) is 2.62. The molecular weight excluding hydrogens is 251 g/mol. The van der Waals surface area contributed by atoms with Crippen LogP contribution in [0.25, 0.3) is 0 Å². The molecule has 1 rings (SSSR count). The molecule has 0 radical (unpaired) electrons. The number of hydrogen-bond acceptors (Lipinski definition) is 1. The topological polar surface area (TPSA) is 12.9 Å². The summed E-state index contributed by atoms with van der Waals surface area (Å²) in [5, 5.41) is 0. The SMILES string of the molecule is FC(F)c1ccc(I)nc1. The highest BCUT2D eigenvalue weighted by molar-refractivity contribution is 14.1. The van der Waals surface area contributed by atoms with Gasteiger partial charge < -0.3 is 0 Å². The van der Waals surface area contributed by atoms with E-state index in [9.17, 15) is 8.78 Å². The molecule has 0 aliphatic carbocycles. The Morgan fingerprint density at radius 3 is 2.50 bits per heavy atom. The van der Waals surface area contributed by atoms with E-state index in [1.165, 1.54) is 12.3 Å². The second-order valence-electron chi connectivity index (χ2n) is 1.71. The zero-order chi connectivity index (χ0) is 7.56. The van der Waals surface area contributed by atoms with E-state index in [2.05, 4.69) is 4.98 Å². The maximum atomic E-state index is 11.9. The van der Waals surface area contributed by atoms with Gasteiger partial charge in [-0.2, -0.15) is 0 Å². The Morgan fingerprint density at radius 2 is 2.10 bits per heavy atom. The molecule has 1 aromatic rings. The minimum Gasteiger partial charge on any atom is -0.250 e. The van der Waals surface area contributed by atoms with Crippen LogP contribution in [-0.2, 0) is 0 Å². The fourth-order valence-electron chi connectivity index (χ4n) is 0.516. The first-order valence-electron chi connectivity index (χ1n) is 2.60. The molecule has 0 atom stereocenters. The molecule has 0 spiro atoms. The number of hydrogen-bond donors (Lipinski definition) is 0. The minimum atomic E-state index is -2.41. The van der Waals surface area contributed by atoms with E-state index in [0.717, 1.165) is 3.70 Å². The lowest BCUT2D eigenvalue weighted by Gasteiger charge is -1.96. The first-order chi connectivity index (χ1) is 4.70. The van der Waals surface area contributed by atoms with Crippen molar-refractivity contribution in [2.75, 3.05) is 0 Å². The zero-order valence-electron chi connectivity index (χ0n) is 4.89.